The molecule has 2 aromatic rings. The van der Waals surface area contributed by atoms with Gasteiger partial charge in [0.1, 0.15) is 21.1 Å². The molecule has 5 rings (SSSR count). The predicted molar refractivity (Wildman–Crippen MR) is 140 cm³/mol. The second kappa shape index (κ2) is 8.86. The van der Waals surface area contributed by atoms with E-state index in [1.165, 1.54) is 6.07 Å². The maximum atomic E-state index is 13.9. The molecule has 1 aromatic carbocycles. The average molecular weight is 619 g/mol. The van der Waals surface area contributed by atoms with Crippen LogP contribution in [0.2, 0.25) is 0 Å². The molecule has 6 N–H and O–H groups in total. The van der Waals surface area contributed by atoms with Gasteiger partial charge in [0.2, 0.25) is 11.7 Å². The van der Waals surface area contributed by atoms with Crippen LogP contribution in [0.1, 0.15) is 17.5 Å². The van der Waals surface area contributed by atoms with Crippen LogP contribution in [0.5, 0.6) is 5.75 Å². The van der Waals surface area contributed by atoms with Crippen LogP contribution >= 0.6 is 22.6 Å². The van der Waals surface area contributed by atoms with E-state index in [-0.39, 0.29) is 29.7 Å². The van der Waals surface area contributed by atoms with Gasteiger partial charge in [0, 0.05) is 29.3 Å². The quantitative estimate of drug-likeness (QED) is 0.189. The lowest BCUT2D eigenvalue weighted by Crippen LogP contribution is -2.73. The van der Waals surface area contributed by atoms with Crippen LogP contribution < -0.4 is 5.73 Å². The summed E-state index contributed by atoms with van der Waals surface area (Å²) in [5.74, 6) is -7.59. The molecule has 6 atom stereocenters. The van der Waals surface area contributed by atoms with E-state index in [9.17, 15) is 34.8 Å². The van der Waals surface area contributed by atoms with E-state index in [0.717, 1.165) is 9.26 Å². The number of carbonyl (C=O) groups is 3. The number of nitrogens with two attached hydrogens (primary N) is 1. The number of phenolic OH excluding ortho intramolecular Hbond substituents is 1. The number of pyridine rings is 1. The molecular formula is C26H26IN3O7. The van der Waals surface area contributed by atoms with Gasteiger partial charge in [-0.25, -0.2) is 4.98 Å². The third kappa shape index (κ3) is 3.62. The Bertz CT molecular complexity index is 1370. The number of benzene rings is 1. The highest BCUT2D eigenvalue weighted by Crippen LogP contribution is 2.53. The van der Waals surface area contributed by atoms with Crippen LogP contribution in [-0.4, -0.2) is 79.6 Å². The number of primary amides is 1. The molecule has 2 saturated carbocycles. The molecule has 1 heterocycles. The smallest absolute Gasteiger partial charge is 0.230 e. The zero-order valence-electron chi connectivity index (χ0n) is 20.1. The monoisotopic (exact) mass is 619 g/mol. The molecule has 0 aliphatic heterocycles. The fourth-order valence-corrected chi connectivity index (χ4v) is 6.73. The number of halogens is 1. The summed E-state index contributed by atoms with van der Waals surface area (Å²) in [5, 5.41) is 44.6. The third-order valence-corrected chi connectivity index (χ3v) is 8.65. The first-order chi connectivity index (χ1) is 17.4. The number of Topliss-reactive ketones (excluding diaryl/α,β-unsaturated/α-hetero) is 2. The van der Waals surface area contributed by atoms with Gasteiger partial charge in [-0.15, -0.1) is 0 Å². The molecule has 1 amide bonds. The van der Waals surface area contributed by atoms with Gasteiger partial charge in [0.05, 0.1) is 11.7 Å². The van der Waals surface area contributed by atoms with Crippen LogP contribution in [0.15, 0.2) is 36.0 Å². The van der Waals surface area contributed by atoms with Crippen molar-refractivity contribution in [2.45, 2.75) is 30.6 Å². The lowest BCUT2D eigenvalue weighted by Gasteiger charge is -2.53. The molecule has 3 aliphatic rings. The Morgan fingerprint density at radius 2 is 1.89 bits per heavy atom. The fraction of sp³-hybridized carbons (Fsp3) is 0.385. The van der Waals surface area contributed by atoms with E-state index in [2.05, 4.69) is 27.6 Å². The number of aromatic nitrogens is 1. The lowest BCUT2D eigenvalue weighted by molar-refractivity contribution is -0.184. The van der Waals surface area contributed by atoms with Gasteiger partial charge in [-0.05, 0) is 78.7 Å². The summed E-state index contributed by atoms with van der Waals surface area (Å²) in [4.78, 5) is 45.2. The topological polar surface area (TPSA) is 174 Å². The molecule has 1 aromatic heterocycles. The number of phenols is 1. The SMILES string of the molecule is CN(C)[C@H]1C(O)C(C(N)=O)C(=O)[C@]2(O)C(=O)C3=C(O)c4c(O)ccc(-c5ccc(I)nc5)c4C[C@@H]3C[C@H]12. The van der Waals surface area contributed by atoms with Gasteiger partial charge >= 0.3 is 0 Å². The van der Waals surface area contributed by atoms with Crippen LogP contribution in [-0.2, 0) is 20.8 Å². The third-order valence-electron chi connectivity index (χ3n) is 8.01. The highest BCUT2D eigenvalue weighted by molar-refractivity contribution is 14.1. The van der Waals surface area contributed by atoms with Crippen molar-refractivity contribution in [3.05, 3.63) is 50.9 Å². The Kier molecular flexibility index (Phi) is 6.17. The Labute approximate surface area is 225 Å². The molecule has 2 fully saturated rings. The molecular weight excluding hydrogens is 593 g/mol. The summed E-state index contributed by atoms with van der Waals surface area (Å²) in [7, 11) is 3.23. The number of hydrogen-bond acceptors (Lipinski definition) is 9. The van der Waals surface area contributed by atoms with Gasteiger partial charge in [-0.1, -0.05) is 12.1 Å². The maximum absolute atomic E-state index is 13.9. The van der Waals surface area contributed by atoms with Crippen LogP contribution in [0.3, 0.4) is 0 Å². The Hall–Kier alpha value is -2.87. The number of fused-ring (bicyclic) bond motifs is 3. The average Bonchev–Trinajstić information content (AvgIpc) is 2.82. The number of nitrogens with zero attached hydrogens (tertiary/aromatic N) is 2. The van der Waals surface area contributed by atoms with Crippen molar-refractivity contribution in [1.29, 1.82) is 0 Å². The number of aliphatic hydroxyl groups excluding tert-OH is 2. The molecule has 0 spiro atoms. The Morgan fingerprint density at radius 3 is 2.49 bits per heavy atom. The lowest BCUT2D eigenvalue weighted by atomic mass is 9.54. The van der Waals surface area contributed by atoms with Gasteiger partial charge < -0.3 is 31.1 Å². The molecule has 194 valence electrons. The van der Waals surface area contributed by atoms with Crippen molar-refractivity contribution in [2.75, 3.05) is 14.1 Å². The van der Waals surface area contributed by atoms with Crippen molar-refractivity contribution in [2.24, 2.45) is 23.5 Å². The normalized spacial score (nSPS) is 31.1. The summed E-state index contributed by atoms with van der Waals surface area (Å²) >= 11 is 2.09. The van der Waals surface area contributed by atoms with Gasteiger partial charge in [0.25, 0.3) is 0 Å². The van der Waals surface area contributed by atoms with Crippen molar-refractivity contribution < 1.29 is 34.8 Å². The van der Waals surface area contributed by atoms with Crippen molar-refractivity contribution in [3.63, 3.8) is 0 Å². The predicted octanol–water partition coefficient (Wildman–Crippen LogP) is 0.796. The van der Waals surface area contributed by atoms with Crippen molar-refractivity contribution in [3.8, 4) is 16.9 Å². The van der Waals surface area contributed by atoms with Gasteiger partial charge in [0.15, 0.2) is 11.4 Å². The second-order valence-corrected chi connectivity index (χ2v) is 11.3. The molecule has 2 unspecified atom stereocenters. The molecule has 0 radical (unpaired) electrons. The number of likely N-dealkylation sites (N-methyl/N-ethyl adjacent to an activating group) is 1. The summed E-state index contributed by atoms with van der Waals surface area (Å²) in [6, 6.07) is 5.88. The Morgan fingerprint density at radius 1 is 1.19 bits per heavy atom. The van der Waals surface area contributed by atoms with Crippen LogP contribution in [0, 0.1) is 21.5 Å². The number of ketones is 2. The number of rotatable bonds is 3. The summed E-state index contributed by atoms with van der Waals surface area (Å²) < 4.78 is 0.792. The molecule has 37 heavy (non-hydrogen) atoms. The highest BCUT2D eigenvalue weighted by atomic mass is 127. The van der Waals surface area contributed by atoms with Crippen LogP contribution in [0.25, 0.3) is 16.9 Å². The van der Waals surface area contributed by atoms with E-state index in [1.54, 1.807) is 31.3 Å². The first kappa shape index (κ1) is 25.8. The first-order valence-electron chi connectivity index (χ1n) is 11.7. The number of aliphatic hydroxyl groups is 3. The van der Waals surface area contributed by atoms with Gasteiger partial charge in [-0.3, -0.25) is 14.4 Å². The summed E-state index contributed by atoms with van der Waals surface area (Å²) in [6.45, 7) is 0. The molecule has 3 aliphatic carbocycles. The number of carbonyl (C=O) groups excluding carboxylic acids is 3. The second-order valence-electron chi connectivity index (χ2n) is 10.1. The van der Waals surface area contributed by atoms with E-state index >= 15 is 0 Å². The number of amides is 1. The van der Waals surface area contributed by atoms with Gasteiger partial charge in [-0.2, -0.15) is 0 Å². The summed E-state index contributed by atoms with van der Waals surface area (Å²) in [5.41, 5.74) is 4.68. The molecule has 0 saturated heterocycles. The first-order valence-corrected chi connectivity index (χ1v) is 12.8. The molecule has 11 heteroatoms. The maximum Gasteiger partial charge on any atom is 0.230 e. The van der Waals surface area contributed by atoms with Crippen molar-refractivity contribution >= 4 is 45.8 Å². The minimum Gasteiger partial charge on any atom is -0.507 e. The van der Waals surface area contributed by atoms with E-state index in [1.807, 2.05) is 12.1 Å². The summed E-state index contributed by atoms with van der Waals surface area (Å²) in [6.07, 6.45) is 0.452. The fourth-order valence-electron chi connectivity index (χ4n) is 6.41. The number of aromatic hydroxyl groups is 1. The Balaban J connectivity index is 1.70. The largest absolute Gasteiger partial charge is 0.507 e. The minimum absolute atomic E-state index is 0.0524. The number of hydrogen-bond donors (Lipinski definition) is 5. The zero-order chi connectivity index (χ0) is 27.0. The molecule has 10 nitrogen and oxygen atoms in total. The molecule has 0 bridgehead atoms. The van der Waals surface area contributed by atoms with E-state index in [4.69, 9.17) is 5.73 Å². The van der Waals surface area contributed by atoms with Crippen LogP contribution in [0.4, 0.5) is 0 Å². The standard InChI is InChI=1S/C26H26IN3O7/c1-30(2)20-14-8-11-7-13-12(10-3-6-16(27)29-9-10)4-5-15(31)18(13)21(32)17(11)23(34)26(14,37)24(35)19(22(20)33)25(28)36/h3-6,9,11,14,19-20,22,31-33,37H,7-8H2,1-2H3,(H2,28,36)/t11-,14-,19?,20-,22?,26-/m1/s1. The van der Waals surface area contributed by atoms with Crippen molar-refractivity contribution in [1.82, 2.24) is 9.88 Å². The van der Waals surface area contributed by atoms with E-state index < -0.39 is 58.7 Å². The van der Waals surface area contributed by atoms with E-state index in [0.29, 0.717) is 11.1 Å². The minimum atomic E-state index is -2.67. The zero-order valence-corrected chi connectivity index (χ0v) is 22.2. The highest BCUT2D eigenvalue weighted by Gasteiger charge is 2.67.